The van der Waals surface area contributed by atoms with E-state index in [-0.39, 0.29) is 23.8 Å². The van der Waals surface area contributed by atoms with Crippen molar-refractivity contribution in [3.63, 3.8) is 0 Å². The van der Waals surface area contributed by atoms with E-state index in [4.69, 9.17) is 0 Å². The van der Waals surface area contributed by atoms with Gasteiger partial charge in [-0.05, 0) is 30.9 Å². The lowest BCUT2D eigenvalue weighted by molar-refractivity contribution is -0.135. The number of amides is 2. The van der Waals surface area contributed by atoms with Gasteiger partial charge in [0.05, 0.1) is 18.8 Å². The first-order valence-electron chi connectivity index (χ1n) is 9.93. The summed E-state index contributed by atoms with van der Waals surface area (Å²) in [6, 6.07) is 10.3. The van der Waals surface area contributed by atoms with Crippen molar-refractivity contribution in [2.24, 2.45) is 5.92 Å². The predicted molar refractivity (Wildman–Crippen MR) is 106 cm³/mol. The highest BCUT2D eigenvalue weighted by Gasteiger charge is 2.32. The molecule has 2 aliphatic rings. The van der Waals surface area contributed by atoms with Gasteiger partial charge in [-0.15, -0.1) is 0 Å². The fourth-order valence-electron chi connectivity index (χ4n) is 4.18. The van der Waals surface area contributed by atoms with Crippen molar-refractivity contribution in [3.05, 3.63) is 66.0 Å². The Morgan fingerprint density at radius 1 is 1.25 bits per heavy atom. The average Bonchev–Trinajstić information content (AvgIpc) is 3.08. The van der Waals surface area contributed by atoms with Crippen LogP contribution in [0.5, 0.6) is 0 Å². The summed E-state index contributed by atoms with van der Waals surface area (Å²) in [7, 11) is 0. The van der Waals surface area contributed by atoms with Gasteiger partial charge in [-0.25, -0.2) is 0 Å². The Hall–Kier alpha value is -2.89. The highest BCUT2D eigenvalue weighted by atomic mass is 16.2. The van der Waals surface area contributed by atoms with Crippen LogP contribution in [0.1, 0.15) is 42.1 Å². The molecule has 0 bridgehead atoms. The zero-order chi connectivity index (χ0) is 19.5. The van der Waals surface area contributed by atoms with Crippen LogP contribution in [0.2, 0.25) is 0 Å². The van der Waals surface area contributed by atoms with Crippen molar-refractivity contribution in [3.8, 4) is 0 Å². The number of fused-ring (bicyclic) bond motifs is 1. The van der Waals surface area contributed by atoms with Crippen LogP contribution in [-0.2, 0) is 22.6 Å². The highest BCUT2D eigenvalue weighted by Crippen LogP contribution is 2.30. The molecule has 1 saturated heterocycles. The summed E-state index contributed by atoms with van der Waals surface area (Å²) in [6.45, 7) is 5.54. The minimum absolute atomic E-state index is 0.0340. The Morgan fingerprint density at radius 2 is 2.04 bits per heavy atom. The van der Waals surface area contributed by atoms with Crippen molar-refractivity contribution in [1.29, 1.82) is 0 Å². The van der Waals surface area contributed by atoms with Crippen LogP contribution in [0.3, 0.4) is 0 Å². The summed E-state index contributed by atoms with van der Waals surface area (Å²) in [5.41, 5.74) is 3.60. The van der Waals surface area contributed by atoms with Crippen molar-refractivity contribution >= 4 is 11.8 Å². The van der Waals surface area contributed by atoms with Gasteiger partial charge in [0, 0.05) is 36.7 Å². The number of nitrogens with zero attached hydrogens (tertiary/aromatic N) is 3. The number of likely N-dealkylation sites (tertiary alicyclic amines) is 1. The number of carbonyl (C=O) groups is 2. The molecular formula is C22H26N4O2. The second kappa shape index (κ2) is 8.00. The van der Waals surface area contributed by atoms with E-state index in [0.29, 0.717) is 19.5 Å². The van der Waals surface area contributed by atoms with Crippen LogP contribution >= 0.6 is 0 Å². The lowest BCUT2D eigenvalue weighted by Gasteiger charge is -2.38. The fraction of sp³-hybridized carbons (Fsp3) is 0.409. The van der Waals surface area contributed by atoms with E-state index in [2.05, 4.69) is 33.8 Å². The molecule has 0 saturated carbocycles. The van der Waals surface area contributed by atoms with Gasteiger partial charge in [-0.1, -0.05) is 36.9 Å². The number of hydrogen-bond donors (Lipinski definition) is 1. The predicted octanol–water partition coefficient (Wildman–Crippen LogP) is 2.46. The summed E-state index contributed by atoms with van der Waals surface area (Å²) >= 11 is 0. The maximum atomic E-state index is 12.5. The number of nitrogens with one attached hydrogen (secondary N) is 1. The smallest absolute Gasteiger partial charge is 0.245 e. The number of aromatic nitrogens is 2. The van der Waals surface area contributed by atoms with E-state index >= 15 is 0 Å². The van der Waals surface area contributed by atoms with E-state index in [9.17, 15) is 9.59 Å². The maximum absolute atomic E-state index is 12.5. The van der Waals surface area contributed by atoms with Gasteiger partial charge in [0.15, 0.2) is 0 Å². The summed E-state index contributed by atoms with van der Waals surface area (Å²) in [4.78, 5) is 25.7. The molecule has 0 radical (unpaired) electrons. The third-order valence-corrected chi connectivity index (χ3v) is 5.69. The highest BCUT2D eigenvalue weighted by molar-refractivity contribution is 5.87. The van der Waals surface area contributed by atoms with Crippen LogP contribution in [0, 0.1) is 5.92 Å². The topological polar surface area (TPSA) is 67.2 Å². The molecule has 1 fully saturated rings. The van der Waals surface area contributed by atoms with Crippen molar-refractivity contribution in [1.82, 2.24) is 20.0 Å². The SMILES string of the molecule is C=CC(=O)N1CC(CC(=O)NC2CCCc3c2cnn3Cc2ccccc2)C1. The number of hydrogen-bond acceptors (Lipinski definition) is 3. The molecule has 1 aliphatic carbocycles. The van der Waals surface area contributed by atoms with Crippen LogP contribution in [0.25, 0.3) is 0 Å². The number of rotatable bonds is 6. The normalized spacial score (nSPS) is 18.9. The van der Waals surface area contributed by atoms with E-state index < -0.39 is 0 Å². The molecule has 1 N–H and O–H groups in total. The molecule has 4 rings (SSSR count). The van der Waals surface area contributed by atoms with E-state index in [1.165, 1.54) is 17.3 Å². The molecule has 1 unspecified atom stereocenters. The summed E-state index contributed by atoms with van der Waals surface area (Å²) in [5.74, 6) is 0.247. The zero-order valence-electron chi connectivity index (χ0n) is 16.0. The summed E-state index contributed by atoms with van der Waals surface area (Å²) in [6.07, 6.45) is 6.69. The molecule has 28 heavy (non-hydrogen) atoms. The fourth-order valence-corrected chi connectivity index (χ4v) is 4.18. The molecule has 1 atom stereocenters. The summed E-state index contributed by atoms with van der Waals surface area (Å²) < 4.78 is 2.06. The molecule has 0 spiro atoms. The Labute approximate surface area is 165 Å². The quantitative estimate of drug-likeness (QED) is 0.785. The Bertz CT molecular complexity index is 868. The standard InChI is InChI=1S/C22H26N4O2/c1-2-22(28)25-13-17(14-25)11-21(27)24-19-9-6-10-20-18(19)12-23-26(20)15-16-7-4-3-5-8-16/h2-5,7-8,12,17,19H,1,6,9-11,13-15H2,(H,24,27). The van der Waals surface area contributed by atoms with Gasteiger partial charge >= 0.3 is 0 Å². The molecule has 1 aromatic carbocycles. The van der Waals surface area contributed by atoms with E-state index in [1.54, 1.807) is 4.90 Å². The van der Waals surface area contributed by atoms with Crippen LogP contribution in [-0.4, -0.2) is 39.6 Å². The van der Waals surface area contributed by atoms with Crippen LogP contribution < -0.4 is 5.32 Å². The first kappa shape index (κ1) is 18.5. The molecule has 2 heterocycles. The first-order chi connectivity index (χ1) is 13.6. The molecule has 146 valence electrons. The third-order valence-electron chi connectivity index (χ3n) is 5.69. The first-order valence-corrected chi connectivity index (χ1v) is 9.93. The summed E-state index contributed by atoms with van der Waals surface area (Å²) in [5, 5.41) is 7.78. The largest absolute Gasteiger partial charge is 0.349 e. The minimum atomic E-state index is -0.0561. The molecule has 6 nitrogen and oxygen atoms in total. The van der Waals surface area contributed by atoms with Crippen LogP contribution in [0.4, 0.5) is 0 Å². The Morgan fingerprint density at radius 3 is 2.79 bits per heavy atom. The van der Waals surface area contributed by atoms with Crippen molar-refractivity contribution in [2.75, 3.05) is 13.1 Å². The monoisotopic (exact) mass is 378 g/mol. The van der Waals surface area contributed by atoms with Gasteiger partial charge in [-0.3, -0.25) is 14.3 Å². The second-order valence-corrected chi connectivity index (χ2v) is 7.72. The molecule has 1 aliphatic heterocycles. The van der Waals surface area contributed by atoms with E-state index in [0.717, 1.165) is 31.4 Å². The Kier molecular flexibility index (Phi) is 5.28. The van der Waals surface area contributed by atoms with Gasteiger partial charge in [-0.2, -0.15) is 5.10 Å². The molecule has 2 aromatic rings. The molecule has 1 aromatic heterocycles. The average molecular weight is 378 g/mol. The lowest BCUT2D eigenvalue weighted by Crippen LogP contribution is -2.50. The third kappa shape index (κ3) is 3.86. The van der Waals surface area contributed by atoms with Gasteiger partial charge in [0.2, 0.25) is 11.8 Å². The van der Waals surface area contributed by atoms with Gasteiger partial charge < -0.3 is 10.2 Å². The van der Waals surface area contributed by atoms with Crippen LogP contribution in [0.15, 0.2) is 49.2 Å². The molecule has 6 heteroatoms. The second-order valence-electron chi connectivity index (χ2n) is 7.72. The molecular weight excluding hydrogens is 352 g/mol. The minimum Gasteiger partial charge on any atom is -0.349 e. The van der Waals surface area contributed by atoms with E-state index in [1.807, 2.05) is 24.4 Å². The van der Waals surface area contributed by atoms with Crippen molar-refractivity contribution < 1.29 is 9.59 Å². The van der Waals surface area contributed by atoms with Gasteiger partial charge in [0.1, 0.15) is 0 Å². The molecule has 2 amide bonds. The number of benzene rings is 1. The lowest BCUT2D eigenvalue weighted by atomic mass is 9.91. The van der Waals surface area contributed by atoms with Crippen molar-refractivity contribution in [2.45, 2.75) is 38.3 Å². The zero-order valence-corrected chi connectivity index (χ0v) is 16.0. The van der Waals surface area contributed by atoms with Gasteiger partial charge in [0.25, 0.3) is 0 Å². The number of carbonyl (C=O) groups excluding carboxylic acids is 2. The Balaban J connectivity index is 1.35. The maximum Gasteiger partial charge on any atom is 0.245 e.